The van der Waals surface area contributed by atoms with Gasteiger partial charge in [0.2, 0.25) is 5.78 Å². The fourth-order valence-corrected chi connectivity index (χ4v) is 2.61. The third kappa shape index (κ3) is 1.94. The van der Waals surface area contributed by atoms with Gasteiger partial charge in [-0.25, -0.2) is 0 Å². The predicted octanol–water partition coefficient (Wildman–Crippen LogP) is 2.47. The number of nitrogen functional groups attached to an aromatic ring is 1. The highest BCUT2D eigenvalue weighted by Gasteiger charge is 2.21. The first kappa shape index (κ1) is 12.1. The number of nitrogens with two attached hydrogens (primary N) is 1. The van der Waals surface area contributed by atoms with Crippen LogP contribution < -0.4 is 11.1 Å². The van der Waals surface area contributed by atoms with Crippen molar-refractivity contribution >= 4 is 27.8 Å². The van der Waals surface area contributed by atoms with E-state index in [1.165, 1.54) is 11.3 Å². The standard InChI is InChI=1S/C13H11N3OS/c1-16-13-9(7-14)10(15)12(18-13)11(17)8-5-3-2-4-6-8/h2-6,16H,15H2,1H3. The Morgan fingerprint density at radius 2 is 2.06 bits per heavy atom. The van der Waals surface area contributed by atoms with Gasteiger partial charge in [-0.3, -0.25) is 4.79 Å². The number of hydrogen-bond acceptors (Lipinski definition) is 5. The van der Waals surface area contributed by atoms with Crippen molar-refractivity contribution in [1.82, 2.24) is 0 Å². The lowest BCUT2D eigenvalue weighted by atomic mass is 10.1. The molecule has 1 heterocycles. The number of nitrogens with one attached hydrogen (secondary N) is 1. The fourth-order valence-electron chi connectivity index (χ4n) is 1.62. The van der Waals surface area contributed by atoms with Gasteiger partial charge in [-0.1, -0.05) is 30.3 Å². The van der Waals surface area contributed by atoms with Gasteiger partial charge >= 0.3 is 0 Å². The van der Waals surface area contributed by atoms with E-state index in [1.54, 1.807) is 31.3 Å². The van der Waals surface area contributed by atoms with Crippen LogP contribution in [0, 0.1) is 11.3 Å². The Balaban J connectivity index is 2.50. The molecular weight excluding hydrogens is 246 g/mol. The highest BCUT2D eigenvalue weighted by Crippen LogP contribution is 2.36. The summed E-state index contributed by atoms with van der Waals surface area (Å²) >= 11 is 1.21. The van der Waals surface area contributed by atoms with Gasteiger partial charge in [0.1, 0.15) is 21.5 Å². The lowest BCUT2D eigenvalue weighted by Crippen LogP contribution is -2.02. The molecule has 0 saturated heterocycles. The summed E-state index contributed by atoms with van der Waals surface area (Å²) in [7, 11) is 1.70. The second-order valence-electron chi connectivity index (χ2n) is 3.61. The molecule has 0 amide bonds. The Labute approximate surface area is 109 Å². The van der Waals surface area contributed by atoms with Gasteiger partial charge in [-0.2, -0.15) is 5.26 Å². The SMILES string of the molecule is CNc1sc(C(=O)c2ccccc2)c(N)c1C#N. The summed E-state index contributed by atoms with van der Waals surface area (Å²) in [4.78, 5) is 12.7. The van der Waals surface area contributed by atoms with Crippen LogP contribution in [0.5, 0.6) is 0 Å². The van der Waals surface area contributed by atoms with E-state index in [1.807, 2.05) is 12.1 Å². The molecule has 18 heavy (non-hydrogen) atoms. The highest BCUT2D eigenvalue weighted by molar-refractivity contribution is 7.19. The first-order valence-corrected chi connectivity index (χ1v) is 6.10. The second kappa shape index (κ2) is 4.90. The number of ketones is 1. The first-order valence-electron chi connectivity index (χ1n) is 5.29. The quantitative estimate of drug-likeness (QED) is 0.828. The van der Waals surface area contributed by atoms with Gasteiger partial charge in [0, 0.05) is 12.6 Å². The minimum absolute atomic E-state index is 0.156. The maximum Gasteiger partial charge on any atom is 0.205 e. The largest absolute Gasteiger partial charge is 0.396 e. The Morgan fingerprint density at radius 1 is 1.39 bits per heavy atom. The van der Waals surface area contributed by atoms with Gasteiger partial charge in [-0.05, 0) is 0 Å². The molecule has 0 unspecified atom stereocenters. The van der Waals surface area contributed by atoms with Crippen molar-refractivity contribution in [1.29, 1.82) is 5.26 Å². The van der Waals surface area contributed by atoms with Crippen LogP contribution in [0.3, 0.4) is 0 Å². The number of thiophene rings is 1. The van der Waals surface area contributed by atoms with Crippen molar-refractivity contribution in [2.75, 3.05) is 18.1 Å². The summed E-state index contributed by atoms with van der Waals surface area (Å²) in [6, 6.07) is 10.9. The van der Waals surface area contributed by atoms with E-state index in [0.717, 1.165) is 0 Å². The molecule has 0 aliphatic carbocycles. The number of anilines is 2. The molecular formula is C13H11N3OS. The third-order valence-corrected chi connectivity index (χ3v) is 3.75. The fraction of sp³-hybridized carbons (Fsp3) is 0.0769. The zero-order chi connectivity index (χ0) is 13.1. The molecule has 90 valence electrons. The van der Waals surface area contributed by atoms with Crippen LogP contribution in [0.15, 0.2) is 30.3 Å². The van der Waals surface area contributed by atoms with Crippen molar-refractivity contribution < 1.29 is 4.79 Å². The summed E-state index contributed by atoms with van der Waals surface area (Å²) < 4.78 is 0. The van der Waals surface area contributed by atoms with Crippen LogP contribution in [0.4, 0.5) is 10.7 Å². The zero-order valence-electron chi connectivity index (χ0n) is 9.73. The smallest absolute Gasteiger partial charge is 0.205 e. The van der Waals surface area contributed by atoms with E-state index in [0.29, 0.717) is 21.0 Å². The average Bonchev–Trinajstić information content (AvgIpc) is 2.75. The Morgan fingerprint density at radius 3 is 2.56 bits per heavy atom. The molecule has 2 aromatic rings. The molecule has 1 aromatic heterocycles. The number of hydrogen-bond donors (Lipinski definition) is 2. The van der Waals surface area contributed by atoms with Crippen LogP contribution in [0.2, 0.25) is 0 Å². The van der Waals surface area contributed by atoms with E-state index >= 15 is 0 Å². The number of nitriles is 1. The van der Waals surface area contributed by atoms with Crippen LogP contribution >= 0.6 is 11.3 Å². The summed E-state index contributed by atoms with van der Waals surface area (Å²) in [5.41, 5.74) is 7.01. The molecule has 0 radical (unpaired) electrons. The molecule has 0 fully saturated rings. The van der Waals surface area contributed by atoms with Gasteiger partial charge in [0.25, 0.3) is 0 Å². The molecule has 5 heteroatoms. The van der Waals surface area contributed by atoms with E-state index in [-0.39, 0.29) is 11.5 Å². The molecule has 0 bridgehead atoms. The van der Waals surface area contributed by atoms with Crippen LogP contribution in [-0.2, 0) is 0 Å². The molecule has 0 aliphatic rings. The molecule has 2 rings (SSSR count). The Bertz CT molecular complexity index is 626. The topological polar surface area (TPSA) is 78.9 Å². The maximum absolute atomic E-state index is 12.3. The van der Waals surface area contributed by atoms with Crippen LogP contribution in [0.1, 0.15) is 20.8 Å². The predicted molar refractivity (Wildman–Crippen MR) is 72.9 cm³/mol. The lowest BCUT2D eigenvalue weighted by molar-refractivity contribution is 0.104. The Hall–Kier alpha value is -2.32. The van der Waals surface area contributed by atoms with Crippen molar-refractivity contribution in [3.8, 4) is 6.07 Å². The molecule has 4 nitrogen and oxygen atoms in total. The number of nitrogens with zero attached hydrogens (tertiary/aromatic N) is 1. The maximum atomic E-state index is 12.3. The van der Waals surface area contributed by atoms with E-state index in [9.17, 15) is 4.79 Å². The minimum atomic E-state index is -0.156. The minimum Gasteiger partial charge on any atom is -0.396 e. The summed E-state index contributed by atoms with van der Waals surface area (Å²) in [5, 5.41) is 12.5. The first-order chi connectivity index (χ1) is 8.69. The van der Waals surface area contributed by atoms with Crippen molar-refractivity contribution in [3.05, 3.63) is 46.3 Å². The van der Waals surface area contributed by atoms with E-state index in [2.05, 4.69) is 5.32 Å². The molecule has 0 aliphatic heterocycles. The van der Waals surface area contributed by atoms with Crippen molar-refractivity contribution in [2.24, 2.45) is 0 Å². The second-order valence-corrected chi connectivity index (χ2v) is 4.63. The van der Waals surface area contributed by atoms with Gasteiger partial charge in [0.15, 0.2) is 0 Å². The van der Waals surface area contributed by atoms with E-state index in [4.69, 9.17) is 11.0 Å². The average molecular weight is 257 g/mol. The molecule has 1 aromatic carbocycles. The van der Waals surface area contributed by atoms with Gasteiger partial charge in [0.05, 0.1) is 5.69 Å². The third-order valence-electron chi connectivity index (χ3n) is 2.53. The molecule has 0 spiro atoms. The van der Waals surface area contributed by atoms with E-state index < -0.39 is 0 Å². The van der Waals surface area contributed by atoms with Crippen LogP contribution in [0.25, 0.3) is 0 Å². The molecule has 0 atom stereocenters. The summed E-state index contributed by atoms with van der Waals surface area (Å²) in [6.45, 7) is 0. The number of carbonyl (C=O) groups excluding carboxylic acids is 1. The zero-order valence-corrected chi connectivity index (χ0v) is 10.5. The number of carbonyl (C=O) groups is 1. The van der Waals surface area contributed by atoms with Crippen molar-refractivity contribution in [2.45, 2.75) is 0 Å². The summed E-state index contributed by atoms with van der Waals surface area (Å²) in [5.74, 6) is -0.156. The monoisotopic (exact) mass is 257 g/mol. The van der Waals surface area contributed by atoms with Gasteiger partial charge in [-0.15, -0.1) is 11.3 Å². The number of rotatable bonds is 3. The normalized spacial score (nSPS) is 9.78. The number of benzene rings is 1. The molecule has 0 saturated carbocycles. The highest BCUT2D eigenvalue weighted by atomic mass is 32.1. The Kier molecular flexibility index (Phi) is 3.31. The van der Waals surface area contributed by atoms with Crippen LogP contribution in [-0.4, -0.2) is 12.8 Å². The molecule has 3 N–H and O–H groups in total. The van der Waals surface area contributed by atoms with Gasteiger partial charge < -0.3 is 11.1 Å². The summed E-state index contributed by atoms with van der Waals surface area (Å²) in [6.07, 6.45) is 0. The lowest BCUT2D eigenvalue weighted by Gasteiger charge is -1.98. The van der Waals surface area contributed by atoms with Crippen molar-refractivity contribution in [3.63, 3.8) is 0 Å².